The number of aliphatic hydroxyl groups is 2. The Labute approximate surface area is 80.6 Å². The van der Waals surface area contributed by atoms with Crippen LogP contribution in [0.3, 0.4) is 0 Å². The minimum absolute atomic E-state index is 0.201. The van der Waals surface area contributed by atoms with Crippen LogP contribution in [0.1, 0.15) is 10.5 Å². The van der Waals surface area contributed by atoms with E-state index >= 15 is 0 Å². The zero-order chi connectivity index (χ0) is 10.4. The van der Waals surface area contributed by atoms with Gasteiger partial charge in [0.2, 0.25) is 0 Å². The Hall–Kier alpha value is -1.53. The molecule has 0 aliphatic carbocycles. The van der Waals surface area contributed by atoms with E-state index in [4.69, 9.17) is 10.2 Å². The molecular formula is C8H11N3O3. The first kappa shape index (κ1) is 10.6. The quantitative estimate of drug-likeness (QED) is 0.549. The Balaban J connectivity index is 2.59. The van der Waals surface area contributed by atoms with Crippen molar-refractivity contribution in [3.8, 4) is 0 Å². The lowest BCUT2D eigenvalue weighted by Gasteiger charge is -2.12. The van der Waals surface area contributed by atoms with Gasteiger partial charge < -0.3 is 15.5 Å². The molecular weight excluding hydrogens is 186 g/mol. The van der Waals surface area contributed by atoms with Gasteiger partial charge in [-0.1, -0.05) is 0 Å². The summed E-state index contributed by atoms with van der Waals surface area (Å²) in [6.07, 6.45) is 2.69. The number of amides is 1. The zero-order valence-electron chi connectivity index (χ0n) is 7.42. The normalized spacial score (nSPS) is 10.2. The van der Waals surface area contributed by atoms with Crippen LogP contribution >= 0.6 is 0 Å². The second-order valence-electron chi connectivity index (χ2n) is 2.63. The van der Waals surface area contributed by atoms with Crippen molar-refractivity contribution in [3.63, 3.8) is 0 Å². The molecule has 1 aromatic rings. The molecule has 1 rings (SSSR count). The standard InChI is InChI=1S/C8H11N3O3/c12-3-6(4-13)11-8(14)7-1-2-9-5-10-7/h1-2,5-6,12-13H,3-4H2,(H,11,14). The molecule has 1 amide bonds. The van der Waals surface area contributed by atoms with E-state index in [9.17, 15) is 4.79 Å². The summed E-state index contributed by atoms with van der Waals surface area (Å²) in [6.45, 7) is -0.624. The molecule has 3 N–H and O–H groups in total. The van der Waals surface area contributed by atoms with Gasteiger partial charge in [-0.05, 0) is 6.07 Å². The van der Waals surface area contributed by atoms with Crippen molar-refractivity contribution >= 4 is 5.91 Å². The third-order valence-corrected chi connectivity index (χ3v) is 1.59. The van der Waals surface area contributed by atoms with Gasteiger partial charge in [-0.3, -0.25) is 4.79 Å². The molecule has 0 bridgehead atoms. The number of nitrogens with one attached hydrogen (secondary N) is 1. The molecule has 0 aliphatic rings. The molecule has 0 spiro atoms. The van der Waals surface area contributed by atoms with Crippen LogP contribution in [0.5, 0.6) is 0 Å². The molecule has 0 saturated carbocycles. The van der Waals surface area contributed by atoms with E-state index in [1.54, 1.807) is 0 Å². The Morgan fingerprint density at radius 1 is 1.50 bits per heavy atom. The maximum Gasteiger partial charge on any atom is 0.270 e. The van der Waals surface area contributed by atoms with Gasteiger partial charge in [0.25, 0.3) is 5.91 Å². The topological polar surface area (TPSA) is 95.3 Å². The fraction of sp³-hybridized carbons (Fsp3) is 0.375. The molecule has 14 heavy (non-hydrogen) atoms. The van der Waals surface area contributed by atoms with Gasteiger partial charge in [0.1, 0.15) is 12.0 Å². The smallest absolute Gasteiger partial charge is 0.270 e. The Bertz CT molecular complexity index is 287. The number of aliphatic hydroxyl groups excluding tert-OH is 2. The molecule has 0 radical (unpaired) electrons. The van der Waals surface area contributed by atoms with Gasteiger partial charge in [-0.2, -0.15) is 0 Å². The fourth-order valence-corrected chi connectivity index (χ4v) is 0.833. The highest BCUT2D eigenvalue weighted by Gasteiger charge is 2.12. The molecule has 1 aromatic heterocycles. The Morgan fingerprint density at radius 3 is 2.71 bits per heavy atom. The van der Waals surface area contributed by atoms with Gasteiger partial charge in [-0.15, -0.1) is 0 Å². The highest BCUT2D eigenvalue weighted by molar-refractivity contribution is 5.92. The predicted molar refractivity (Wildman–Crippen MR) is 47.5 cm³/mol. The van der Waals surface area contributed by atoms with E-state index in [-0.39, 0.29) is 18.9 Å². The van der Waals surface area contributed by atoms with Crippen molar-refractivity contribution in [3.05, 3.63) is 24.3 Å². The summed E-state index contributed by atoms with van der Waals surface area (Å²) in [5, 5.41) is 19.8. The van der Waals surface area contributed by atoms with Crippen LogP contribution in [0, 0.1) is 0 Å². The highest BCUT2D eigenvalue weighted by Crippen LogP contribution is 1.92. The van der Waals surface area contributed by atoms with Gasteiger partial charge in [-0.25, -0.2) is 9.97 Å². The van der Waals surface area contributed by atoms with Crippen LogP contribution in [-0.2, 0) is 0 Å². The number of nitrogens with zero attached hydrogens (tertiary/aromatic N) is 2. The highest BCUT2D eigenvalue weighted by atomic mass is 16.3. The summed E-state index contributed by atoms with van der Waals surface area (Å²) < 4.78 is 0. The summed E-state index contributed by atoms with van der Waals surface area (Å²) in [6, 6.07) is 0.790. The van der Waals surface area contributed by atoms with Crippen LogP contribution in [0.25, 0.3) is 0 Å². The number of hydrogen-bond acceptors (Lipinski definition) is 5. The molecule has 0 atom stereocenters. The van der Waals surface area contributed by atoms with Crippen LogP contribution < -0.4 is 5.32 Å². The van der Waals surface area contributed by atoms with Crippen molar-refractivity contribution in [2.75, 3.05) is 13.2 Å². The van der Waals surface area contributed by atoms with Crippen molar-refractivity contribution in [2.24, 2.45) is 0 Å². The molecule has 0 aliphatic heterocycles. The number of rotatable bonds is 4. The van der Waals surface area contributed by atoms with Gasteiger partial charge >= 0.3 is 0 Å². The maximum atomic E-state index is 11.3. The summed E-state index contributed by atoms with van der Waals surface area (Å²) in [7, 11) is 0. The first-order chi connectivity index (χ1) is 6.77. The number of aromatic nitrogens is 2. The van der Waals surface area contributed by atoms with Crippen molar-refractivity contribution in [1.29, 1.82) is 0 Å². The van der Waals surface area contributed by atoms with Gasteiger partial charge in [0, 0.05) is 6.20 Å². The maximum absolute atomic E-state index is 11.3. The van der Waals surface area contributed by atoms with E-state index < -0.39 is 11.9 Å². The predicted octanol–water partition coefficient (Wildman–Crippen LogP) is -1.44. The average Bonchev–Trinajstić information content (AvgIpc) is 2.26. The van der Waals surface area contributed by atoms with Crippen LogP contribution in [-0.4, -0.2) is 45.3 Å². The van der Waals surface area contributed by atoms with Crippen molar-refractivity contribution in [2.45, 2.75) is 6.04 Å². The van der Waals surface area contributed by atoms with E-state index in [0.717, 1.165) is 0 Å². The van der Waals surface area contributed by atoms with Crippen molar-refractivity contribution < 1.29 is 15.0 Å². The molecule has 6 nitrogen and oxygen atoms in total. The first-order valence-electron chi connectivity index (χ1n) is 4.06. The number of hydrogen-bond donors (Lipinski definition) is 3. The summed E-state index contributed by atoms with van der Waals surface area (Å²) in [5.74, 6) is -0.444. The van der Waals surface area contributed by atoms with E-state index in [1.807, 2.05) is 0 Å². The fourth-order valence-electron chi connectivity index (χ4n) is 0.833. The first-order valence-corrected chi connectivity index (χ1v) is 4.06. The molecule has 6 heteroatoms. The van der Waals surface area contributed by atoms with E-state index in [0.29, 0.717) is 0 Å². The molecule has 0 aromatic carbocycles. The van der Waals surface area contributed by atoms with Crippen molar-refractivity contribution in [1.82, 2.24) is 15.3 Å². The molecule has 1 heterocycles. The minimum Gasteiger partial charge on any atom is -0.394 e. The van der Waals surface area contributed by atoms with Gasteiger partial charge in [0.05, 0.1) is 19.3 Å². The van der Waals surface area contributed by atoms with Crippen LogP contribution in [0.2, 0.25) is 0 Å². The lowest BCUT2D eigenvalue weighted by atomic mass is 10.3. The molecule has 0 fully saturated rings. The third kappa shape index (κ3) is 2.75. The third-order valence-electron chi connectivity index (χ3n) is 1.59. The Morgan fingerprint density at radius 2 is 2.21 bits per heavy atom. The SMILES string of the molecule is O=C(NC(CO)CO)c1ccncn1. The minimum atomic E-state index is -0.655. The second-order valence-corrected chi connectivity index (χ2v) is 2.63. The van der Waals surface area contributed by atoms with Gasteiger partial charge in [0.15, 0.2) is 0 Å². The summed E-state index contributed by atoms with van der Waals surface area (Å²) in [5.41, 5.74) is 0.201. The van der Waals surface area contributed by atoms with Crippen LogP contribution in [0.4, 0.5) is 0 Å². The molecule has 0 saturated heterocycles. The number of carbonyl (C=O) groups excluding carboxylic acids is 1. The molecule has 0 unspecified atom stereocenters. The zero-order valence-corrected chi connectivity index (χ0v) is 7.42. The van der Waals surface area contributed by atoms with Crippen LogP contribution in [0.15, 0.2) is 18.6 Å². The Kier molecular flexibility index (Phi) is 3.96. The summed E-state index contributed by atoms with van der Waals surface area (Å²) in [4.78, 5) is 18.7. The molecule has 76 valence electrons. The lowest BCUT2D eigenvalue weighted by Crippen LogP contribution is -2.40. The van der Waals surface area contributed by atoms with E-state index in [1.165, 1.54) is 18.6 Å². The average molecular weight is 197 g/mol. The summed E-state index contributed by atoms with van der Waals surface area (Å²) >= 11 is 0. The monoisotopic (exact) mass is 197 g/mol. The second kappa shape index (κ2) is 5.25. The largest absolute Gasteiger partial charge is 0.394 e. The van der Waals surface area contributed by atoms with E-state index in [2.05, 4.69) is 15.3 Å². The number of carbonyl (C=O) groups is 1. The lowest BCUT2D eigenvalue weighted by molar-refractivity contribution is 0.0874.